The van der Waals surface area contributed by atoms with E-state index in [9.17, 15) is 4.79 Å². The molecule has 0 saturated heterocycles. The highest BCUT2D eigenvalue weighted by Crippen LogP contribution is 2.20. The average Bonchev–Trinajstić information content (AvgIpc) is 2.96. The van der Waals surface area contributed by atoms with Crippen LogP contribution in [0.1, 0.15) is 29.4 Å². The summed E-state index contributed by atoms with van der Waals surface area (Å²) in [5.74, 6) is 0.772. The van der Waals surface area contributed by atoms with E-state index in [1.807, 2.05) is 74.0 Å². The molecule has 0 aliphatic carbocycles. The lowest BCUT2D eigenvalue weighted by molar-refractivity contribution is -0.120. The van der Waals surface area contributed by atoms with Gasteiger partial charge in [0.25, 0.3) is 0 Å². The molecule has 2 aromatic carbocycles. The van der Waals surface area contributed by atoms with Gasteiger partial charge in [-0.1, -0.05) is 23.7 Å². The van der Waals surface area contributed by atoms with Crippen LogP contribution < -0.4 is 10.1 Å². The number of ether oxygens (including phenoxy) is 1. The third-order valence-corrected chi connectivity index (χ3v) is 4.80. The van der Waals surface area contributed by atoms with Gasteiger partial charge in [-0.05, 0) is 62.7 Å². The number of aromatic nitrogens is 2. The lowest BCUT2D eigenvalue weighted by atomic mass is 10.1. The number of amides is 1. The summed E-state index contributed by atoms with van der Waals surface area (Å²) >= 11 is 5.97. The molecule has 0 aliphatic heterocycles. The van der Waals surface area contributed by atoms with Crippen molar-refractivity contribution in [1.82, 2.24) is 15.1 Å². The molecule has 0 unspecified atom stereocenters. The normalized spacial score (nSPS) is 10.7. The zero-order valence-corrected chi connectivity index (χ0v) is 17.1. The Labute approximate surface area is 170 Å². The summed E-state index contributed by atoms with van der Waals surface area (Å²) in [4.78, 5) is 12.5. The Morgan fingerprint density at radius 3 is 2.64 bits per heavy atom. The number of hydrogen-bond donors (Lipinski definition) is 1. The van der Waals surface area contributed by atoms with Gasteiger partial charge in [-0.15, -0.1) is 0 Å². The van der Waals surface area contributed by atoms with E-state index in [1.54, 1.807) is 0 Å². The molecule has 0 spiro atoms. The van der Waals surface area contributed by atoms with Crippen LogP contribution >= 0.6 is 11.6 Å². The van der Waals surface area contributed by atoms with Crippen LogP contribution in [0.5, 0.6) is 5.75 Å². The Morgan fingerprint density at radius 1 is 1.18 bits per heavy atom. The largest absolute Gasteiger partial charge is 0.494 e. The fourth-order valence-corrected chi connectivity index (χ4v) is 3.23. The Bertz CT molecular complexity index is 964. The number of hydrogen-bond acceptors (Lipinski definition) is 3. The fourth-order valence-electron chi connectivity index (χ4n) is 3.10. The first-order valence-corrected chi connectivity index (χ1v) is 9.65. The summed E-state index contributed by atoms with van der Waals surface area (Å²) in [6.45, 7) is 6.93. The third-order valence-electron chi connectivity index (χ3n) is 4.55. The van der Waals surface area contributed by atoms with Crippen LogP contribution in [0.15, 0.2) is 48.5 Å². The van der Waals surface area contributed by atoms with E-state index in [-0.39, 0.29) is 12.3 Å². The summed E-state index contributed by atoms with van der Waals surface area (Å²) in [5.41, 5.74) is 4.67. The van der Waals surface area contributed by atoms with Crippen molar-refractivity contribution in [3.05, 3.63) is 76.1 Å². The number of nitrogens with zero attached hydrogens (tertiary/aromatic N) is 2. The summed E-state index contributed by atoms with van der Waals surface area (Å²) in [6, 6.07) is 15.2. The fraction of sp³-hybridized carbons (Fsp3) is 0.273. The second-order valence-corrected chi connectivity index (χ2v) is 7.01. The average molecular weight is 398 g/mol. The first-order chi connectivity index (χ1) is 13.5. The van der Waals surface area contributed by atoms with E-state index >= 15 is 0 Å². The molecule has 0 atom stereocenters. The van der Waals surface area contributed by atoms with Crippen molar-refractivity contribution in [3.63, 3.8) is 0 Å². The number of nitrogens with one attached hydrogen (secondary N) is 1. The van der Waals surface area contributed by atoms with Gasteiger partial charge in [-0.3, -0.25) is 4.79 Å². The molecule has 0 bridgehead atoms. The van der Waals surface area contributed by atoms with Crippen LogP contribution in [0.2, 0.25) is 5.02 Å². The summed E-state index contributed by atoms with van der Waals surface area (Å²) < 4.78 is 7.35. The number of halogens is 1. The zero-order chi connectivity index (χ0) is 20.1. The minimum atomic E-state index is -0.0383. The van der Waals surface area contributed by atoms with Crippen molar-refractivity contribution in [3.8, 4) is 11.4 Å². The molecule has 6 heteroatoms. The number of benzene rings is 2. The Balaban J connectivity index is 1.67. The minimum absolute atomic E-state index is 0.0383. The van der Waals surface area contributed by atoms with E-state index in [1.165, 1.54) is 0 Å². The number of rotatable bonds is 7. The van der Waals surface area contributed by atoms with Gasteiger partial charge in [-0.25, -0.2) is 4.68 Å². The second-order valence-electron chi connectivity index (χ2n) is 6.57. The monoisotopic (exact) mass is 397 g/mol. The zero-order valence-electron chi connectivity index (χ0n) is 16.3. The predicted molar refractivity (Wildman–Crippen MR) is 111 cm³/mol. The van der Waals surface area contributed by atoms with Crippen LogP contribution in [0.3, 0.4) is 0 Å². The number of aryl methyl sites for hydroxylation is 1. The highest BCUT2D eigenvalue weighted by atomic mass is 35.5. The van der Waals surface area contributed by atoms with Crippen molar-refractivity contribution in [1.29, 1.82) is 0 Å². The quantitative estimate of drug-likeness (QED) is 0.642. The molecule has 3 rings (SSSR count). The first kappa shape index (κ1) is 20.0. The van der Waals surface area contributed by atoms with Gasteiger partial charge < -0.3 is 10.1 Å². The van der Waals surface area contributed by atoms with Crippen molar-refractivity contribution in [2.24, 2.45) is 0 Å². The SMILES string of the molecule is CCOc1cccc(CNC(=O)Cc2c(C)nn(-c3ccc(Cl)cc3)c2C)c1. The van der Waals surface area contributed by atoms with Gasteiger partial charge in [-0.2, -0.15) is 5.10 Å². The van der Waals surface area contributed by atoms with Crippen LogP contribution in [-0.2, 0) is 17.8 Å². The van der Waals surface area contributed by atoms with E-state index in [2.05, 4.69) is 10.4 Å². The Hall–Kier alpha value is -2.79. The Morgan fingerprint density at radius 2 is 1.93 bits per heavy atom. The summed E-state index contributed by atoms with van der Waals surface area (Å²) in [6.07, 6.45) is 0.288. The van der Waals surface area contributed by atoms with E-state index in [4.69, 9.17) is 16.3 Å². The summed E-state index contributed by atoms with van der Waals surface area (Å²) in [7, 11) is 0. The maximum Gasteiger partial charge on any atom is 0.224 e. The maximum absolute atomic E-state index is 12.5. The van der Waals surface area contributed by atoms with E-state index in [0.717, 1.165) is 34.0 Å². The van der Waals surface area contributed by atoms with Crippen molar-refractivity contribution < 1.29 is 9.53 Å². The predicted octanol–water partition coefficient (Wildman–Crippen LogP) is 4.40. The van der Waals surface area contributed by atoms with Crippen LogP contribution in [-0.4, -0.2) is 22.3 Å². The summed E-state index contributed by atoms with van der Waals surface area (Å²) in [5, 5.41) is 8.25. The number of carbonyl (C=O) groups excluding carboxylic acids is 1. The van der Waals surface area contributed by atoms with Crippen LogP contribution in [0.25, 0.3) is 5.69 Å². The molecule has 28 heavy (non-hydrogen) atoms. The second kappa shape index (κ2) is 8.93. The van der Waals surface area contributed by atoms with Crippen molar-refractivity contribution >= 4 is 17.5 Å². The van der Waals surface area contributed by atoms with Gasteiger partial charge in [0.2, 0.25) is 5.91 Å². The van der Waals surface area contributed by atoms with Gasteiger partial charge in [0.05, 0.1) is 24.4 Å². The van der Waals surface area contributed by atoms with Gasteiger partial charge in [0, 0.05) is 22.8 Å². The molecule has 1 aromatic heterocycles. The third kappa shape index (κ3) is 4.73. The van der Waals surface area contributed by atoms with E-state index in [0.29, 0.717) is 18.2 Å². The topological polar surface area (TPSA) is 56.1 Å². The van der Waals surface area contributed by atoms with Crippen molar-refractivity contribution in [2.45, 2.75) is 33.7 Å². The lowest BCUT2D eigenvalue weighted by Crippen LogP contribution is -2.25. The van der Waals surface area contributed by atoms with Gasteiger partial charge in [0.15, 0.2) is 0 Å². The molecular weight excluding hydrogens is 374 g/mol. The molecule has 3 aromatic rings. The minimum Gasteiger partial charge on any atom is -0.494 e. The molecule has 0 radical (unpaired) electrons. The molecule has 1 heterocycles. The highest BCUT2D eigenvalue weighted by molar-refractivity contribution is 6.30. The smallest absolute Gasteiger partial charge is 0.224 e. The molecule has 0 aliphatic rings. The molecule has 0 saturated carbocycles. The van der Waals surface area contributed by atoms with Crippen molar-refractivity contribution in [2.75, 3.05) is 6.61 Å². The molecule has 146 valence electrons. The standard InChI is InChI=1S/C22H24ClN3O2/c1-4-28-20-7-5-6-17(12-20)14-24-22(27)13-21-15(2)25-26(16(21)3)19-10-8-18(23)9-11-19/h5-12H,4,13-14H2,1-3H3,(H,24,27). The molecular formula is C22H24ClN3O2. The highest BCUT2D eigenvalue weighted by Gasteiger charge is 2.16. The molecule has 0 fully saturated rings. The number of carbonyl (C=O) groups is 1. The maximum atomic E-state index is 12.5. The first-order valence-electron chi connectivity index (χ1n) is 9.27. The van der Waals surface area contributed by atoms with Crippen LogP contribution in [0.4, 0.5) is 0 Å². The molecule has 1 N–H and O–H groups in total. The Kier molecular flexibility index (Phi) is 6.37. The lowest BCUT2D eigenvalue weighted by Gasteiger charge is -2.09. The van der Waals surface area contributed by atoms with Gasteiger partial charge in [0.1, 0.15) is 5.75 Å². The molecule has 5 nitrogen and oxygen atoms in total. The van der Waals surface area contributed by atoms with Gasteiger partial charge >= 0.3 is 0 Å². The van der Waals surface area contributed by atoms with E-state index < -0.39 is 0 Å². The van der Waals surface area contributed by atoms with Crippen LogP contribution in [0, 0.1) is 13.8 Å². The molecule has 1 amide bonds.